The summed E-state index contributed by atoms with van der Waals surface area (Å²) < 4.78 is 70.0. The third-order valence-corrected chi connectivity index (χ3v) is 5.00. The van der Waals surface area contributed by atoms with Crippen LogP contribution >= 0.6 is 0 Å². The summed E-state index contributed by atoms with van der Waals surface area (Å²) in [6.45, 7) is 0.428. The fraction of sp³-hybridized carbons (Fsp3) is 0.208. The second kappa shape index (κ2) is 11.5. The van der Waals surface area contributed by atoms with E-state index in [9.17, 15) is 31.5 Å². The molecular formula is C24H20F5N3O5. The largest absolute Gasteiger partial charge is 0.573 e. The molecule has 0 fully saturated rings. The zero-order valence-corrected chi connectivity index (χ0v) is 19.1. The molecule has 13 heteroatoms. The number of carboxylic acids is 1. The van der Waals surface area contributed by atoms with Gasteiger partial charge in [-0.3, -0.25) is 9.78 Å². The molecule has 3 aromatic rings. The van der Waals surface area contributed by atoms with E-state index in [4.69, 9.17) is 9.84 Å². The number of anilines is 1. The van der Waals surface area contributed by atoms with Crippen LogP contribution in [0, 0.1) is 11.6 Å². The number of alkyl halides is 3. The van der Waals surface area contributed by atoms with E-state index in [0.29, 0.717) is 24.5 Å². The number of carbonyl (C=O) groups is 2. The summed E-state index contributed by atoms with van der Waals surface area (Å²) in [7, 11) is 1.46. The van der Waals surface area contributed by atoms with Crippen molar-refractivity contribution in [1.82, 2.24) is 10.3 Å². The lowest BCUT2D eigenvalue weighted by Crippen LogP contribution is -2.33. The molecule has 4 rings (SSSR count). The lowest BCUT2D eigenvalue weighted by molar-refractivity contribution is -0.275. The van der Waals surface area contributed by atoms with Gasteiger partial charge in [0.15, 0.2) is 11.6 Å². The SMILES string of the molecule is CNc1cc(C(=O)NC2CCOc3cccnc32)cc(F)c1C(=O)O.Fc1ccccc1OC(F)(F)F. The molecule has 196 valence electrons. The molecule has 8 nitrogen and oxygen atoms in total. The average molecular weight is 525 g/mol. The minimum atomic E-state index is -4.85. The van der Waals surface area contributed by atoms with Crippen molar-refractivity contribution in [3.8, 4) is 11.5 Å². The molecule has 2 heterocycles. The average Bonchev–Trinajstić information content (AvgIpc) is 2.84. The number of hydrogen-bond donors (Lipinski definition) is 3. The van der Waals surface area contributed by atoms with Gasteiger partial charge in [-0.1, -0.05) is 12.1 Å². The van der Waals surface area contributed by atoms with Crippen LogP contribution in [-0.4, -0.2) is 42.0 Å². The van der Waals surface area contributed by atoms with Crippen molar-refractivity contribution in [2.75, 3.05) is 19.0 Å². The molecule has 1 atom stereocenters. The summed E-state index contributed by atoms with van der Waals surface area (Å²) in [5, 5.41) is 14.5. The van der Waals surface area contributed by atoms with E-state index >= 15 is 0 Å². The number of halogens is 5. The summed E-state index contributed by atoms with van der Waals surface area (Å²) in [6.07, 6.45) is -2.71. The standard InChI is InChI=1S/C17H16FN3O4.C7H4F4O/c1-19-12-8-9(7-10(18)14(12)17(23)24)16(22)21-11-4-6-25-13-3-2-5-20-15(11)13;8-5-3-1-2-4-6(5)12-7(9,10)11/h2-3,5,7-8,11,19H,4,6H2,1H3,(H,21,22)(H,23,24);1-4H. The van der Waals surface area contributed by atoms with Crippen LogP contribution in [0.4, 0.5) is 27.6 Å². The monoisotopic (exact) mass is 525 g/mol. The summed E-state index contributed by atoms with van der Waals surface area (Å²) >= 11 is 0. The Labute approximate surface area is 207 Å². The van der Waals surface area contributed by atoms with Crippen molar-refractivity contribution in [2.45, 2.75) is 18.8 Å². The lowest BCUT2D eigenvalue weighted by Gasteiger charge is -2.25. The van der Waals surface area contributed by atoms with Crippen molar-refractivity contribution < 1.29 is 46.1 Å². The second-order valence-corrected chi connectivity index (χ2v) is 7.46. The number of para-hydroxylation sites is 1. The maximum atomic E-state index is 14.1. The van der Waals surface area contributed by atoms with Crippen molar-refractivity contribution in [2.24, 2.45) is 0 Å². The Morgan fingerprint density at radius 1 is 1.11 bits per heavy atom. The zero-order chi connectivity index (χ0) is 27.2. The molecule has 0 bridgehead atoms. The maximum absolute atomic E-state index is 14.1. The van der Waals surface area contributed by atoms with Crippen molar-refractivity contribution >= 4 is 17.6 Å². The van der Waals surface area contributed by atoms with Gasteiger partial charge in [-0.15, -0.1) is 13.2 Å². The quantitative estimate of drug-likeness (QED) is 0.405. The van der Waals surface area contributed by atoms with E-state index in [1.165, 1.54) is 25.2 Å². The van der Waals surface area contributed by atoms with E-state index in [1.54, 1.807) is 18.3 Å². The molecule has 0 saturated heterocycles. The van der Waals surface area contributed by atoms with E-state index in [-0.39, 0.29) is 17.3 Å². The Morgan fingerprint density at radius 3 is 2.49 bits per heavy atom. The number of aromatic nitrogens is 1. The van der Waals surface area contributed by atoms with Gasteiger partial charge in [0.25, 0.3) is 5.91 Å². The zero-order valence-electron chi connectivity index (χ0n) is 19.1. The number of rotatable bonds is 5. The number of ether oxygens (including phenoxy) is 2. The first kappa shape index (κ1) is 27.2. The predicted molar refractivity (Wildman–Crippen MR) is 121 cm³/mol. The van der Waals surface area contributed by atoms with Gasteiger partial charge in [-0.25, -0.2) is 13.6 Å². The minimum Gasteiger partial charge on any atom is -0.491 e. The number of aromatic carboxylic acids is 1. The number of benzene rings is 2. The Balaban J connectivity index is 0.000000266. The van der Waals surface area contributed by atoms with E-state index in [1.807, 2.05) is 0 Å². The minimum absolute atomic E-state index is 0.0239. The first-order valence-corrected chi connectivity index (χ1v) is 10.6. The highest BCUT2D eigenvalue weighted by atomic mass is 19.4. The van der Waals surface area contributed by atoms with Crippen molar-refractivity contribution in [3.63, 3.8) is 0 Å². The summed E-state index contributed by atoms with van der Waals surface area (Å²) in [6, 6.07) is 9.69. The van der Waals surface area contributed by atoms with Crippen LogP contribution in [0.3, 0.4) is 0 Å². The van der Waals surface area contributed by atoms with E-state index in [0.717, 1.165) is 18.2 Å². The van der Waals surface area contributed by atoms with Gasteiger partial charge in [0.2, 0.25) is 0 Å². The highest BCUT2D eigenvalue weighted by molar-refractivity contribution is 6.00. The lowest BCUT2D eigenvalue weighted by atomic mass is 10.0. The summed E-state index contributed by atoms with van der Waals surface area (Å²) in [5.41, 5.74) is 0.162. The number of nitrogens with zero attached hydrogens (tertiary/aromatic N) is 1. The van der Waals surface area contributed by atoms with Crippen LogP contribution in [0.1, 0.15) is 38.9 Å². The van der Waals surface area contributed by atoms with Crippen LogP contribution in [0.25, 0.3) is 0 Å². The first-order valence-electron chi connectivity index (χ1n) is 10.6. The molecule has 1 aromatic heterocycles. The smallest absolute Gasteiger partial charge is 0.491 e. The number of hydrogen-bond acceptors (Lipinski definition) is 6. The van der Waals surface area contributed by atoms with Gasteiger partial charge < -0.3 is 25.2 Å². The van der Waals surface area contributed by atoms with Crippen LogP contribution < -0.4 is 20.1 Å². The summed E-state index contributed by atoms with van der Waals surface area (Å²) in [4.78, 5) is 27.9. The molecule has 1 amide bonds. The van der Waals surface area contributed by atoms with Crippen LogP contribution in [-0.2, 0) is 0 Å². The van der Waals surface area contributed by atoms with Crippen molar-refractivity contribution in [3.05, 3.63) is 83.2 Å². The molecule has 1 aliphatic rings. The van der Waals surface area contributed by atoms with E-state index in [2.05, 4.69) is 20.4 Å². The number of carbonyl (C=O) groups excluding carboxylic acids is 1. The van der Waals surface area contributed by atoms with E-state index < -0.39 is 41.2 Å². The van der Waals surface area contributed by atoms with Crippen LogP contribution in [0.5, 0.6) is 11.5 Å². The molecule has 2 aromatic carbocycles. The highest BCUT2D eigenvalue weighted by Gasteiger charge is 2.32. The third kappa shape index (κ3) is 7.06. The Bertz CT molecular complexity index is 1290. The van der Waals surface area contributed by atoms with Gasteiger partial charge in [-0.2, -0.15) is 0 Å². The normalized spacial score (nSPS) is 14.3. The van der Waals surface area contributed by atoms with Crippen LogP contribution in [0.2, 0.25) is 0 Å². The second-order valence-electron chi connectivity index (χ2n) is 7.46. The Morgan fingerprint density at radius 2 is 1.84 bits per heavy atom. The van der Waals surface area contributed by atoms with Gasteiger partial charge in [0.05, 0.1) is 18.3 Å². The Kier molecular flexibility index (Phi) is 8.48. The molecule has 37 heavy (non-hydrogen) atoms. The molecule has 0 saturated carbocycles. The van der Waals surface area contributed by atoms with Crippen LogP contribution in [0.15, 0.2) is 54.7 Å². The fourth-order valence-electron chi connectivity index (χ4n) is 3.40. The van der Waals surface area contributed by atoms with Crippen molar-refractivity contribution in [1.29, 1.82) is 0 Å². The van der Waals surface area contributed by atoms with Gasteiger partial charge in [0.1, 0.15) is 22.8 Å². The van der Waals surface area contributed by atoms with Gasteiger partial charge >= 0.3 is 12.3 Å². The topological polar surface area (TPSA) is 110 Å². The number of nitrogens with one attached hydrogen (secondary N) is 2. The fourth-order valence-corrected chi connectivity index (χ4v) is 3.40. The Hall–Kier alpha value is -4.42. The predicted octanol–water partition coefficient (Wildman–Crippen LogP) is 4.94. The third-order valence-electron chi connectivity index (χ3n) is 5.00. The molecule has 0 spiro atoms. The molecule has 1 unspecified atom stereocenters. The summed E-state index contributed by atoms with van der Waals surface area (Å²) in [5.74, 6) is -4.15. The number of fused-ring (bicyclic) bond motifs is 1. The van der Waals surface area contributed by atoms with Gasteiger partial charge in [-0.05, 0) is 36.4 Å². The number of carboxylic acid groups (broad SMARTS) is 1. The molecule has 0 aliphatic carbocycles. The molecular weight excluding hydrogens is 505 g/mol. The number of pyridine rings is 1. The molecule has 1 aliphatic heterocycles. The van der Waals surface area contributed by atoms with Gasteiger partial charge in [0, 0.05) is 25.2 Å². The molecule has 3 N–H and O–H groups in total. The molecule has 0 radical (unpaired) electrons. The first-order chi connectivity index (χ1) is 17.5. The maximum Gasteiger partial charge on any atom is 0.573 e. The highest BCUT2D eigenvalue weighted by Crippen LogP contribution is 2.30. The number of amides is 1.